The van der Waals surface area contributed by atoms with Crippen molar-refractivity contribution in [3.05, 3.63) is 24.0 Å². The van der Waals surface area contributed by atoms with Gasteiger partial charge in [0.25, 0.3) is 0 Å². The monoisotopic (exact) mass is 265 g/mol. The lowest BCUT2D eigenvalue weighted by molar-refractivity contribution is 0.241. The summed E-state index contributed by atoms with van der Waals surface area (Å²) >= 11 is 0. The van der Waals surface area contributed by atoms with Crippen molar-refractivity contribution < 1.29 is 13.9 Å². The van der Waals surface area contributed by atoms with Gasteiger partial charge in [-0.3, -0.25) is 0 Å². The maximum atomic E-state index is 14.1. The normalized spacial score (nSPS) is 20.9. The van der Waals surface area contributed by atoms with E-state index >= 15 is 0 Å². The molecule has 0 saturated carbocycles. The van der Waals surface area contributed by atoms with E-state index in [9.17, 15) is 4.39 Å². The van der Waals surface area contributed by atoms with Crippen LogP contribution in [0.15, 0.2) is 18.2 Å². The molecule has 0 aromatic heterocycles. The second-order valence-corrected chi connectivity index (χ2v) is 5.74. The van der Waals surface area contributed by atoms with Crippen molar-refractivity contribution in [1.82, 2.24) is 0 Å². The molecular weight excluding hydrogens is 245 g/mol. The largest absolute Gasteiger partial charge is 0.491 e. The van der Waals surface area contributed by atoms with Crippen LogP contribution in [0.1, 0.15) is 26.7 Å². The van der Waals surface area contributed by atoms with Crippen molar-refractivity contribution >= 4 is 5.69 Å². The van der Waals surface area contributed by atoms with Crippen LogP contribution < -0.4 is 9.64 Å². The summed E-state index contributed by atoms with van der Waals surface area (Å²) in [4.78, 5) is 2.10. The van der Waals surface area contributed by atoms with Gasteiger partial charge in [-0.05, 0) is 38.8 Å². The van der Waals surface area contributed by atoms with Gasteiger partial charge in [0, 0.05) is 19.2 Å². The molecule has 2 aliphatic rings. The molecule has 0 radical (unpaired) electrons. The summed E-state index contributed by atoms with van der Waals surface area (Å²) in [6, 6.07) is 5.14. The van der Waals surface area contributed by atoms with Crippen LogP contribution in [0.5, 0.6) is 5.75 Å². The summed E-state index contributed by atoms with van der Waals surface area (Å²) in [5.41, 5.74) is 0.805. The first kappa shape index (κ1) is 12.7. The van der Waals surface area contributed by atoms with Crippen LogP contribution in [0.2, 0.25) is 0 Å². The molecule has 0 N–H and O–H groups in total. The average Bonchev–Trinajstić information content (AvgIpc) is 3.10. The van der Waals surface area contributed by atoms with Gasteiger partial charge in [-0.2, -0.15) is 0 Å². The van der Waals surface area contributed by atoms with Crippen molar-refractivity contribution in [3.63, 3.8) is 0 Å². The number of nitrogens with zero attached hydrogens (tertiary/aromatic N) is 1. The summed E-state index contributed by atoms with van der Waals surface area (Å²) in [7, 11) is 0. The zero-order valence-corrected chi connectivity index (χ0v) is 11.5. The molecule has 1 aromatic rings. The minimum atomic E-state index is -0.203. The SMILES string of the molecule is CC(C)Oc1ccc(N2CCC3(CC2)CO3)c(F)c1. The summed E-state index contributed by atoms with van der Waals surface area (Å²) in [5, 5.41) is 0. The van der Waals surface area contributed by atoms with E-state index in [1.807, 2.05) is 26.0 Å². The van der Waals surface area contributed by atoms with E-state index < -0.39 is 0 Å². The molecule has 2 aliphatic heterocycles. The number of epoxide rings is 1. The molecule has 0 unspecified atom stereocenters. The number of hydrogen-bond acceptors (Lipinski definition) is 3. The highest BCUT2D eigenvalue weighted by Gasteiger charge is 2.46. The molecule has 1 spiro atoms. The summed E-state index contributed by atoms with van der Waals surface area (Å²) < 4.78 is 25.1. The van der Waals surface area contributed by atoms with E-state index in [2.05, 4.69) is 4.90 Å². The zero-order chi connectivity index (χ0) is 13.5. The fourth-order valence-corrected chi connectivity index (χ4v) is 2.64. The fourth-order valence-electron chi connectivity index (χ4n) is 2.64. The average molecular weight is 265 g/mol. The van der Waals surface area contributed by atoms with Crippen LogP contribution in [-0.4, -0.2) is 31.4 Å². The lowest BCUT2D eigenvalue weighted by Gasteiger charge is -2.32. The number of hydrogen-bond donors (Lipinski definition) is 0. The summed E-state index contributed by atoms with van der Waals surface area (Å²) in [5.74, 6) is 0.390. The van der Waals surface area contributed by atoms with Crippen molar-refractivity contribution in [2.75, 3.05) is 24.6 Å². The summed E-state index contributed by atoms with van der Waals surface area (Å²) in [6.07, 6.45) is 2.06. The van der Waals surface area contributed by atoms with Gasteiger partial charge < -0.3 is 14.4 Å². The zero-order valence-electron chi connectivity index (χ0n) is 11.5. The molecule has 0 amide bonds. The van der Waals surface area contributed by atoms with Gasteiger partial charge in [0.05, 0.1) is 24.0 Å². The molecule has 0 bridgehead atoms. The quantitative estimate of drug-likeness (QED) is 0.785. The number of halogens is 1. The fraction of sp³-hybridized carbons (Fsp3) is 0.600. The second kappa shape index (κ2) is 4.67. The third-order valence-electron chi connectivity index (χ3n) is 3.86. The highest BCUT2D eigenvalue weighted by molar-refractivity contribution is 5.51. The number of rotatable bonds is 3. The highest BCUT2D eigenvalue weighted by atomic mass is 19.1. The molecule has 4 heteroatoms. The molecule has 2 fully saturated rings. The van der Waals surface area contributed by atoms with Crippen LogP contribution in [0.25, 0.3) is 0 Å². The molecule has 2 saturated heterocycles. The van der Waals surface area contributed by atoms with Crippen molar-refractivity contribution in [1.29, 1.82) is 0 Å². The molecule has 2 heterocycles. The van der Waals surface area contributed by atoms with Gasteiger partial charge in [-0.25, -0.2) is 4.39 Å². The van der Waals surface area contributed by atoms with Gasteiger partial charge in [0.1, 0.15) is 11.6 Å². The van der Waals surface area contributed by atoms with Crippen molar-refractivity contribution in [3.8, 4) is 5.75 Å². The summed E-state index contributed by atoms with van der Waals surface area (Å²) in [6.45, 7) is 6.48. The topological polar surface area (TPSA) is 25.0 Å². The number of ether oxygens (including phenoxy) is 2. The Labute approximate surface area is 113 Å². The first-order valence-electron chi connectivity index (χ1n) is 6.93. The van der Waals surface area contributed by atoms with Crippen LogP contribution in [0.3, 0.4) is 0 Å². The van der Waals surface area contributed by atoms with Crippen LogP contribution in [0, 0.1) is 5.82 Å². The first-order valence-corrected chi connectivity index (χ1v) is 6.93. The third kappa shape index (κ3) is 2.68. The standard InChI is InChI=1S/C15H20FNO2/c1-11(2)19-12-3-4-14(13(16)9-12)17-7-5-15(6-8-17)10-18-15/h3-4,9,11H,5-8,10H2,1-2H3. The Balaban J connectivity index is 1.70. The number of benzene rings is 1. The van der Waals surface area contributed by atoms with E-state index in [0.717, 1.165) is 32.5 Å². The van der Waals surface area contributed by atoms with Crippen LogP contribution in [-0.2, 0) is 4.74 Å². The third-order valence-corrected chi connectivity index (χ3v) is 3.86. The van der Waals surface area contributed by atoms with E-state index in [4.69, 9.17) is 9.47 Å². The van der Waals surface area contributed by atoms with Crippen LogP contribution >= 0.6 is 0 Å². The molecular formula is C15H20FNO2. The molecule has 19 heavy (non-hydrogen) atoms. The van der Waals surface area contributed by atoms with Gasteiger partial charge >= 0.3 is 0 Å². The predicted molar refractivity (Wildman–Crippen MR) is 72.3 cm³/mol. The second-order valence-electron chi connectivity index (χ2n) is 5.74. The highest BCUT2D eigenvalue weighted by Crippen LogP contribution is 2.39. The van der Waals surface area contributed by atoms with E-state index in [0.29, 0.717) is 11.4 Å². The lowest BCUT2D eigenvalue weighted by Crippen LogP contribution is -2.38. The Bertz CT molecular complexity index is 461. The minimum absolute atomic E-state index is 0.0621. The molecule has 104 valence electrons. The minimum Gasteiger partial charge on any atom is -0.491 e. The van der Waals surface area contributed by atoms with Gasteiger partial charge in [0.2, 0.25) is 0 Å². The van der Waals surface area contributed by atoms with Gasteiger partial charge in [0.15, 0.2) is 0 Å². The Morgan fingerprint density at radius 3 is 2.53 bits per heavy atom. The maximum absolute atomic E-state index is 14.1. The molecule has 3 rings (SSSR count). The first-order chi connectivity index (χ1) is 9.08. The molecule has 0 aliphatic carbocycles. The van der Waals surface area contributed by atoms with Crippen molar-refractivity contribution in [2.24, 2.45) is 0 Å². The Kier molecular flexibility index (Phi) is 3.13. The molecule has 1 aromatic carbocycles. The van der Waals surface area contributed by atoms with E-state index in [1.165, 1.54) is 6.07 Å². The van der Waals surface area contributed by atoms with Gasteiger partial charge in [-0.1, -0.05) is 0 Å². The number of piperidine rings is 1. The Morgan fingerprint density at radius 1 is 1.32 bits per heavy atom. The van der Waals surface area contributed by atoms with Gasteiger partial charge in [-0.15, -0.1) is 0 Å². The lowest BCUT2D eigenvalue weighted by atomic mass is 9.97. The smallest absolute Gasteiger partial charge is 0.150 e. The predicted octanol–water partition coefficient (Wildman–Crippen LogP) is 2.98. The van der Waals surface area contributed by atoms with Crippen molar-refractivity contribution in [2.45, 2.75) is 38.4 Å². The molecule has 3 nitrogen and oxygen atoms in total. The molecule has 0 atom stereocenters. The van der Waals surface area contributed by atoms with Crippen LogP contribution in [0.4, 0.5) is 10.1 Å². The van der Waals surface area contributed by atoms with E-state index in [-0.39, 0.29) is 17.5 Å². The number of anilines is 1. The van der Waals surface area contributed by atoms with E-state index in [1.54, 1.807) is 0 Å². The maximum Gasteiger partial charge on any atom is 0.150 e. The Morgan fingerprint density at radius 2 is 2.00 bits per heavy atom. The Hall–Kier alpha value is -1.29.